The Kier molecular flexibility index (Phi) is 7.46. The number of carbonyl (C=O) groups excluding carboxylic acids is 2. The molecule has 6 nitrogen and oxygen atoms in total. The number of rotatable bonds is 4. The van der Waals surface area contributed by atoms with Crippen molar-refractivity contribution in [3.63, 3.8) is 0 Å². The molecule has 1 spiro atoms. The van der Waals surface area contributed by atoms with Crippen LogP contribution in [0.15, 0.2) is 30.3 Å². The van der Waals surface area contributed by atoms with Crippen molar-refractivity contribution in [1.29, 1.82) is 0 Å². The summed E-state index contributed by atoms with van der Waals surface area (Å²) in [6.07, 6.45) is 2.40. The van der Waals surface area contributed by atoms with E-state index in [0.717, 1.165) is 0 Å². The van der Waals surface area contributed by atoms with Crippen LogP contribution in [0.5, 0.6) is 0 Å². The Morgan fingerprint density at radius 2 is 1.82 bits per heavy atom. The Morgan fingerprint density at radius 1 is 1.13 bits per heavy atom. The quantitative estimate of drug-likeness (QED) is 0.388. The van der Waals surface area contributed by atoms with Crippen molar-refractivity contribution in [3.8, 4) is 0 Å². The second kappa shape index (κ2) is 10.3. The lowest BCUT2D eigenvalue weighted by atomic mass is 9.62. The minimum Gasteiger partial charge on any atom is -0.393 e. The van der Waals surface area contributed by atoms with Crippen LogP contribution in [-0.2, 0) is 15.0 Å². The molecular formula is C29H33Cl2F2N3O3. The summed E-state index contributed by atoms with van der Waals surface area (Å²) < 4.78 is 30.8. The number of anilines is 1. The van der Waals surface area contributed by atoms with Gasteiger partial charge in [0.15, 0.2) is 0 Å². The van der Waals surface area contributed by atoms with Crippen molar-refractivity contribution in [3.05, 3.63) is 63.1 Å². The lowest BCUT2D eigenvalue weighted by Crippen LogP contribution is -2.50. The monoisotopic (exact) mass is 579 g/mol. The molecule has 1 saturated heterocycles. The van der Waals surface area contributed by atoms with E-state index in [1.807, 2.05) is 20.8 Å². The Labute approximate surface area is 236 Å². The number of hydrogen-bond donors (Lipinski definition) is 4. The molecule has 4 unspecified atom stereocenters. The Morgan fingerprint density at radius 3 is 2.49 bits per heavy atom. The van der Waals surface area contributed by atoms with Crippen LogP contribution >= 0.6 is 23.2 Å². The number of carbonyl (C=O) groups is 2. The molecule has 2 fully saturated rings. The van der Waals surface area contributed by atoms with Gasteiger partial charge in [-0.05, 0) is 66.8 Å². The molecule has 0 aromatic heterocycles. The summed E-state index contributed by atoms with van der Waals surface area (Å²) in [5, 5.41) is 18.9. The molecule has 4 atom stereocenters. The molecule has 10 heteroatoms. The van der Waals surface area contributed by atoms with E-state index in [-0.39, 0.29) is 33.0 Å². The number of aliphatic hydroxyl groups is 1. The summed E-state index contributed by atoms with van der Waals surface area (Å²) in [5.74, 6) is -3.32. The van der Waals surface area contributed by atoms with Crippen molar-refractivity contribution in [2.45, 2.75) is 88.4 Å². The maximum Gasteiger partial charge on any atom is 0.238 e. The minimum absolute atomic E-state index is 0.101. The summed E-state index contributed by atoms with van der Waals surface area (Å²) in [5.41, 5.74) is -1.06. The van der Waals surface area contributed by atoms with Gasteiger partial charge in [0, 0.05) is 23.7 Å². The van der Waals surface area contributed by atoms with E-state index >= 15 is 4.39 Å². The van der Waals surface area contributed by atoms with E-state index in [1.54, 1.807) is 6.07 Å². The summed E-state index contributed by atoms with van der Waals surface area (Å²) >= 11 is 12.3. The van der Waals surface area contributed by atoms with Crippen molar-refractivity contribution in [1.82, 2.24) is 10.6 Å². The number of aliphatic hydroxyl groups excluding tert-OH is 1. The molecule has 210 valence electrons. The van der Waals surface area contributed by atoms with Gasteiger partial charge >= 0.3 is 0 Å². The zero-order valence-electron chi connectivity index (χ0n) is 22.1. The topological polar surface area (TPSA) is 90.5 Å². The molecule has 2 aromatic rings. The van der Waals surface area contributed by atoms with Gasteiger partial charge in [-0.1, -0.05) is 56.1 Å². The van der Waals surface area contributed by atoms with Crippen LogP contribution in [0, 0.1) is 17.0 Å². The number of nitrogens with one attached hydrogen (secondary N) is 3. The first-order chi connectivity index (χ1) is 18.3. The zero-order valence-corrected chi connectivity index (χ0v) is 23.6. The van der Waals surface area contributed by atoms with Crippen LogP contribution in [0.1, 0.15) is 69.9 Å². The van der Waals surface area contributed by atoms with Gasteiger partial charge in [-0.15, -0.1) is 0 Å². The van der Waals surface area contributed by atoms with Gasteiger partial charge in [-0.25, -0.2) is 8.78 Å². The maximum absolute atomic E-state index is 15.8. The number of fused-ring (bicyclic) bond motifs is 2. The number of benzene rings is 2. The van der Waals surface area contributed by atoms with Crippen LogP contribution in [0.2, 0.25) is 10.0 Å². The third kappa shape index (κ3) is 4.94. The first-order valence-corrected chi connectivity index (χ1v) is 14.1. The van der Waals surface area contributed by atoms with Crippen LogP contribution in [0.4, 0.5) is 14.5 Å². The van der Waals surface area contributed by atoms with Gasteiger partial charge in [0.25, 0.3) is 0 Å². The number of amides is 2. The lowest BCUT2D eigenvalue weighted by Gasteiger charge is -2.38. The molecule has 0 bridgehead atoms. The minimum atomic E-state index is -1.52. The average molecular weight is 581 g/mol. The molecular weight excluding hydrogens is 547 g/mol. The number of hydrogen-bond acceptors (Lipinski definition) is 4. The fourth-order valence-corrected chi connectivity index (χ4v) is 7.02. The average Bonchev–Trinajstić information content (AvgIpc) is 3.32. The Balaban J connectivity index is 1.69. The molecule has 2 amide bonds. The first kappa shape index (κ1) is 28.3. The summed E-state index contributed by atoms with van der Waals surface area (Å²) in [6, 6.07) is 5.28. The highest BCUT2D eigenvalue weighted by atomic mass is 35.5. The highest BCUT2D eigenvalue weighted by Crippen LogP contribution is 2.57. The summed E-state index contributed by atoms with van der Waals surface area (Å²) in [6.45, 7) is 6.02. The smallest absolute Gasteiger partial charge is 0.238 e. The van der Waals surface area contributed by atoms with Gasteiger partial charge in [0.2, 0.25) is 11.8 Å². The molecule has 2 aliphatic heterocycles. The first-order valence-electron chi connectivity index (χ1n) is 13.3. The standard InChI is InChI=1S/C29H33Cl2F2N3O3/c1-28(2,3)13-22-29(17-11-20(32)19(31)12-21(17)35-27(29)39)23(16-5-4-6-18(30)24(16)33)25(36-22)26(38)34-14-7-9-15(37)10-8-14/h4-6,11-12,14-15,22-23,25,36-37H,7-10,13H2,1-3H3,(H,34,38)(H,35,39). The third-order valence-electron chi connectivity index (χ3n) is 8.34. The van der Waals surface area contributed by atoms with E-state index in [4.69, 9.17) is 23.2 Å². The Hall–Kier alpha value is -2.26. The van der Waals surface area contributed by atoms with Gasteiger partial charge in [0.1, 0.15) is 17.0 Å². The second-order valence-electron chi connectivity index (χ2n) is 12.2. The highest BCUT2D eigenvalue weighted by Gasteiger charge is 2.66. The predicted molar refractivity (Wildman–Crippen MR) is 147 cm³/mol. The normalized spacial score (nSPS) is 30.4. The van der Waals surface area contributed by atoms with E-state index in [0.29, 0.717) is 43.4 Å². The molecule has 2 aromatic carbocycles. The third-order valence-corrected chi connectivity index (χ3v) is 8.92. The molecule has 1 saturated carbocycles. The summed E-state index contributed by atoms with van der Waals surface area (Å²) in [7, 11) is 0. The molecule has 4 N–H and O–H groups in total. The highest BCUT2D eigenvalue weighted by molar-refractivity contribution is 6.31. The molecule has 0 radical (unpaired) electrons. The molecule has 2 heterocycles. The van der Waals surface area contributed by atoms with Gasteiger partial charge in [-0.3, -0.25) is 9.59 Å². The zero-order chi connectivity index (χ0) is 28.3. The van der Waals surface area contributed by atoms with Gasteiger partial charge in [0.05, 0.1) is 22.2 Å². The fourth-order valence-electron chi connectivity index (χ4n) is 6.68. The van der Waals surface area contributed by atoms with Crippen LogP contribution in [0.3, 0.4) is 0 Å². The fraction of sp³-hybridized carbons (Fsp3) is 0.517. The molecule has 1 aliphatic carbocycles. The van der Waals surface area contributed by atoms with Crippen molar-refractivity contribution in [2.75, 3.05) is 5.32 Å². The van der Waals surface area contributed by atoms with E-state index in [1.165, 1.54) is 24.3 Å². The Bertz CT molecular complexity index is 1310. The number of halogens is 4. The maximum atomic E-state index is 15.8. The van der Waals surface area contributed by atoms with E-state index in [9.17, 15) is 19.1 Å². The molecule has 3 aliphatic rings. The van der Waals surface area contributed by atoms with Crippen molar-refractivity contribution < 1.29 is 23.5 Å². The predicted octanol–water partition coefficient (Wildman–Crippen LogP) is 5.44. The van der Waals surface area contributed by atoms with Crippen LogP contribution < -0.4 is 16.0 Å². The summed E-state index contributed by atoms with van der Waals surface area (Å²) in [4.78, 5) is 28.1. The largest absolute Gasteiger partial charge is 0.393 e. The van der Waals surface area contributed by atoms with Crippen LogP contribution in [0.25, 0.3) is 0 Å². The van der Waals surface area contributed by atoms with E-state index < -0.39 is 47.1 Å². The van der Waals surface area contributed by atoms with Crippen molar-refractivity contribution in [2.24, 2.45) is 5.41 Å². The molecule has 5 rings (SSSR count). The van der Waals surface area contributed by atoms with Crippen LogP contribution in [-0.4, -0.2) is 41.2 Å². The van der Waals surface area contributed by atoms with Crippen molar-refractivity contribution >= 4 is 40.7 Å². The van der Waals surface area contributed by atoms with E-state index in [2.05, 4.69) is 16.0 Å². The van der Waals surface area contributed by atoms with Gasteiger partial charge in [-0.2, -0.15) is 0 Å². The second-order valence-corrected chi connectivity index (χ2v) is 13.0. The molecule has 39 heavy (non-hydrogen) atoms. The van der Waals surface area contributed by atoms with Gasteiger partial charge < -0.3 is 21.1 Å². The SMILES string of the molecule is CC(C)(C)CC1NC(C(=O)NC2CCC(O)CC2)C(c2cccc(Cl)c2F)C12C(=O)Nc1cc(Cl)c(F)cc12. The lowest BCUT2D eigenvalue weighted by molar-refractivity contribution is -0.124.